The number of sulfonamides is 1. The highest BCUT2D eigenvalue weighted by molar-refractivity contribution is 7.94. The molecule has 158 valence electrons. The van der Waals surface area contributed by atoms with Crippen molar-refractivity contribution in [2.45, 2.75) is 36.8 Å². The van der Waals surface area contributed by atoms with Gasteiger partial charge in [0, 0.05) is 24.2 Å². The third-order valence-electron chi connectivity index (χ3n) is 4.93. The molecule has 3 heterocycles. The van der Waals surface area contributed by atoms with Gasteiger partial charge in [-0.15, -0.1) is 21.5 Å². The van der Waals surface area contributed by atoms with E-state index >= 15 is 0 Å². The number of thiophene rings is 1. The second kappa shape index (κ2) is 8.57. The van der Waals surface area contributed by atoms with Crippen molar-refractivity contribution in [2.75, 3.05) is 17.8 Å². The quantitative estimate of drug-likeness (QED) is 0.618. The van der Waals surface area contributed by atoms with Gasteiger partial charge in [-0.05, 0) is 49.4 Å². The number of aromatic nitrogens is 2. The lowest BCUT2D eigenvalue weighted by Crippen LogP contribution is -2.35. The number of carbonyl (C=O) groups excluding carboxylic acids is 1. The summed E-state index contributed by atoms with van der Waals surface area (Å²) in [5.74, 6) is -0.230. The first-order chi connectivity index (χ1) is 14.5. The summed E-state index contributed by atoms with van der Waals surface area (Å²) < 4.78 is 33.7. The number of amides is 1. The molecule has 1 N–H and O–H groups in total. The van der Waals surface area contributed by atoms with Crippen molar-refractivity contribution in [3.05, 3.63) is 47.2 Å². The van der Waals surface area contributed by atoms with Gasteiger partial charge in [0.2, 0.25) is 5.89 Å². The molecule has 2 aromatic heterocycles. The summed E-state index contributed by atoms with van der Waals surface area (Å²) in [5, 5.41) is 9.41. The van der Waals surface area contributed by atoms with Crippen molar-refractivity contribution in [3.8, 4) is 11.5 Å². The van der Waals surface area contributed by atoms with Crippen LogP contribution in [0.5, 0.6) is 0 Å². The van der Waals surface area contributed by atoms with Crippen molar-refractivity contribution in [3.63, 3.8) is 0 Å². The van der Waals surface area contributed by atoms with Crippen LogP contribution in [0.2, 0.25) is 0 Å². The van der Waals surface area contributed by atoms with E-state index in [9.17, 15) is 13.2 Å². The third-order valence-corrected chi connectivity index (χ3v) is 7.75. The molecule has 1 amide bonds. The Bertz CT molecular complexity index is 1150. The van der Waals surface area contributed by atoms with E-state index in [4.69, 9.17) is 4.42 Å². The van der Waals surface area contributed by atoms with Gasteiger partial charge in [0.1, 0.15) is 4.21 Å². The molecule has 10 heteroatoms. The van der Waals surface area contributed by atoms with E-state index in [1.54, 1.807) is 16.3 Å². The van der Waals surface area contributed by atoms with Gasteiger partial charge < -0.3 is 9.32 Å². The van der Waals surface area contributed by atoms with Crippen LogP contribution in [0.3, 0.4) is 0 Å². The van der Waals surface area contributed by atoms with Gasteiger partial charge in [-0.1, -0.05) is 19.1 Å². The van der Waals surface area contributed by atoms with Crippen LogP contribution in [0.4, 0.5) is 5.69 Å². The number of hydrogen-bond donors (Lipinski definition) is 1. The number of benzene rings is 1. The fourth-order valence-corrected chi connectivity index (χ4v) is 5.49. The standard InChI is InChI=1S/C20H22N4O4S2/c1-2-14-7-6-8-16(11-14)23-30(26,27)17-12-15(13-29-17)18-21-22-19(28-18)20(25)24-9-4-3-5-10-24/h6-8,11-13,23H,2-5,9-10H2,1H3. The summed E-state index contributed by atoms with van der Waals surface area (Å²) in [6, 6.07) is 8.75. The van der Waals surface area contributed by atoms with Crippen molar-refractivity contribution < 1.29 is 17.6 Å². The second-order valence-electron chi connectivity index (χ2n) is 7.08. The van der Waals surface area contributed by atoms with Gasteiger partial charge in [-0.2, -0.15) is 0 Å². The van der Waals surface area contributed by atoms with Crippen LogP contribution >= 0.6 is 11.3 Å². The largest absolute Gasteiger partial charge is 0.412 e. The number of hydrogen-bond acceptors (Lipinski definition) is 7. The molecule has 1 aromatic carbocycles. The highest BCUT2D eigenvalue weighted by atomic mass is 32.2. The summed E-state index contributed by atoms with van der Waals surface area (Å²) >= 11 is 1.05. The molecule has 0 spiro atoms. The molecule has 30 heavy (non-hydrogen) atoms. The summed E-state index contributed by atoms with van der Waals surface area (Å²) in [5.41, 5.74) is 2.02. The Balaban J connectivity index is 1.51. The number of aryl methyl sites for hydroxylation is 1. The highest BCUT2D eigenvalue weighted by Gasteiger charge is 2.25. The normalized spacial score (nSPS) is 14.6. The molecule has 4 rings (SSSR count). The molecule has 0 saturated carbocycles. The van der Waals surface area contributed by atoms with E-state index in [0.717, 1.165) is 42.6 Å². The van der Waals surface area contributed by atoms with E-state index in [2.05, 4.69) is 14.9 Å². The summed E-state index contributed by atoms with van der Waals surface area (Å²) in [6.07, 6.45) is 3.86. The molecule has 0 bridgehead atoms. The summed E-state index contributed by atoms with van der Waals surface area (Å²) in [4.78, 5) is 14.2. The SMILES string of the molecule is CCc1cccc(NS(=O)(=O)c2cc(-c3nnc(C(=O)N4CCCCC4)o3)cs2)c1. The number of anilines is 1. The molecule has 1 aliphatic rings. The Hall–Kier alpha value is -2.72. The van der Waals surface area contributed by atoms with E-state index in [-0.39, 0.29) is 21.9 Å². The average Bonchev–Trinajstić information content (AvgIpc) is 3.44. The monoisotopic (exact) mass is 446 g/mol. The zero-order valence-electron chi connectivity index (χ0n) is 16.5. The van der Waals surface area contributed by atoms with E-state index < -0.39 is 10.0 Å². The molecule has 1 saturated heterocycles. The Morgan fingerprint density at radius 1 is 1.20 bits per heavy atom. The topological polar surface area (TPSA) is 105 Å². The molecule has 0 atom stereocenters. The molecule has 8 nitrogen and oxygen atoms in total. The minimum Gasteiger partial charge on any atom is -0.412 e. The first kappa shape index (κ1) is 20.5. The van der Waals surface area contributed by atoms with Gasteiger partial charge in [0.25, 0.3) is 10.0 Å². The van der Waals surface area contributed by atoms with Crippen LogP contribution < -0.4 is 4.72 Å². The maximum Gasteiger partial charge on any atom is 0.311 e. The zero-order chi connectivity index (χ0) is 21.1. The Morgan fingerprint density at radius 2 is 2.00 bits per heavy atom. The molecule has 0 radical (unpaired) electrons. The van der Waals surface area contributed by atoms with Crippen molar-refractivity contribution >= 4 is 33.0 Å². The number of likely N-dealkylation sites (tertiary alicyclic amines) is 1. The molecule has 0 aliphatic carbocycles. The lowest BCUT2D eigenvalue weighted by molar-refractivity contribution is 0.0684. The number of carbonyl (C=O) groups is 1. The fraction of sp³-hybridized carbons (Fsp3) is 0.350. The van der Waals surface area contributed by atoms with Gasteiger partial charge in [0.05, 0.1) is 5.56 Å². The Labute approximate surface area is 179 Å². The number of piperidine rings is 1. The van der Waals surface area contributed by atoms with Gasteiger partial charge in [-0.25, -0.2) is 8.42 Å². The predicted octanol–water partition coefficient (Wildman–Crippen LogP) is 3.79. The number of nitrogens with one attached hydrogen (secondary N) is 1. The maximum absolute atomic E-state index is 12.7. The molecule has 1 fully saturated rings. The maximum atomic E-state index is 12.7. The van der Waals surface area contributed by atoms with E-state index in [0.29, 0.717) is 24.3 Å². The number of rotatable bonds is 6. The van der Waals surface area contributed by atoms with Crippen LogP contribution in [0, 0.1) is 0 Å². The van der Waals surface area contributed by atoms with E-state index in [1.807, 2.05) is 25.1 Å². The van der Waals surface area contributed by atoms with Crippen LogP contribution in [0.15, 0.2) is 44.3 Å². The van der Waals surface area contributed by atoms with Gasteiger partial charge in [-0.3, -0.25) is 9.52 Å². The second-order valence-corrected chi connectivity index (χ2v) is 9.90. The fourth-order valence-electron chi connectivity index (χ4n) is 3.29. The van der Waals surface area contributed by atoms with Crippen LogP contribution in [-0.2, 0) is 16.4 Å². The smallest absolute Gasteiger partial charge is 0.311 e. The highest BCUT2D eigenvalue weighted by Crippen LogP contribution is 2.29. The number of nitrogens with zero attached hydrogens (tertiary/aromatic N) is 3. The molecule has 3 aromatic rings. The predicted molar refractivity (Wildman–Crippen MR) is 114 cm³/mol. The first-order valence-corrected chi connectivity index (χ1v) is 12.2. The van der Waals surface area contributed by atoms with Gasteiger partial charge >= 0.3 is 11.8 Å². The summed E-state index contributed by atoms with van der Waals surface area (Å²) in [7, 11) is -3.75. The minimum absolute atomic E-state index is 0.0722. The van der Waals surface area contributed by atoms with E-state index in [1.165, 1.54) is 6.07 Å². The molecule has 1 aliphatic heterocycles. The average molecular weight is 447 g/mol. The lowest BCUT2D eigenvalue weighted by atomic mass is 10.1. The molecule has 0 unspecified atom stereocenters. The van der Waals surface area contributed by atoms with Crippen molar-refractivity contribution in [2.24, 2.45) is 0 Å². The van der Waals surface area contributed by atoms with Crippen LogP contribution in [0.25, 0.3) is 11.5 Å². The Morgan fingerprint density at radius 3 is 2.77 bits per heavy atom. The molecular weight excluding hydrogens is 424 g/mol. The third kappa shape index (κ3) is 4.39. The van der Waals surface area contributed by atoms with Crippen molar-refractivity contribution in [1.82, 2.24) is 15.1 Å². The van der Waals surface area contributed by atoms with Crippen LogP contribution in [-0.4, -0.2) is 42.5 Å². The summed E-state index contributed by atoms with van der Waals surface area (Å²) in [6.45, 7) is 3.37. The lowest BCUT2D eigenvalue weighted by Gasteiger charge is -2.24. The van der Waals surface area contributed by atoms with Gasteiger partial charge in [0.15, 0.2) is 0 Å². The first-order valence-electron chi connectivity index (χ1n) is 9.80. The molecular formula is C20H22N4O4S2. The Kier molecular flexibility index (Phi) is 5.87. The van der Waals surface area contributed by atoms with Crippen LogP contribution in [0.1, 0.15) is 42.4 Å². The minimum atomic E-state index is -3.75. The van der Waals surface area contributed by atoms with Crippen molar-refractivity contribution in [1.29, 1.82) is 0 Å². The zero-order valence-corrected chi connectivity index (χ0v) is 18.1.